The minimum absolute atomic E-state index is 0.0654. The van der Waals surface area contributed by atoms with Gasteiger partial charge in [-0.15, -0.1) is 11.8 Å². The zero-order chi connectivity index (χ0) is 16.2. The number of nitrogens with one attached hydrogen (secondary N) is 2. The van der Waals surface area contributed by atoms with E-state index in [0.717, 1.165) is 60.5 Å². The molecule has 6 nitrogen and oxygen atoms in total. The Bertz CT molecular complexity index is 677. The second-order valence-corrected chi connectivity index (χ2v) is 6.95. The van der Waals surface area contributed by atoms with Crippen LogP contribution < -0.4 is 5.32 Å². The molecule has 0 spiro atoms. The van der Waals surface area contributed by atoms with Crippen LogP contribution in [-0.2, 0) is 24.5 Å². The Morgan fingerprint density at radius 2 is 2.13 bits per heavy atom. The van der Waals surface area contributed by atoms with Gasteiger partial charge in [0.15, 0.2) is 0 Å². The summed E-state index contributed by atoms with van der Waals surface area (Å²) in [6.07, 6.45) is 1.83. The van der Waals surface area contributed by atoms with Crippen LogP contribution in [0.3, 0.4) is 0 Å². The number of rotatable bonds is 6. The molecule has 3 rings (SSSR count). The van der Waals surface area contributed by atoms with Crippen molar-refractivity contribution < 1.29 is 9.21 Å². The van der Waals surface area contributed by atoms with E-state index in [4.69, 9.17) is 4.42 Å². The maximum Gasteiger partial charge on any atom is 0.271 e. The zero-order valence-corrected chi connectivity index (χ0v) is 14.3. The van der Waals surface area contributed by atoms with E-state index < -0.39 is 0 Å². The third-order valence-electron chi connectivity index (χ3n) is 3.60. The van der Waals surface area contributed by atoms with E-state index in [-0.39, 0.29) is 5.91 Å². The van der Waals surface area contributed by atoms with Gasteiger partial charge in [-0.25, -0.2) is 4.98 Å². The van der Waals surface area contributed by atoms with Gasteiger partial charge in [0.2, 0.25) is 0 Å². The molecule has 2 N–H and O–H groups in total. The molecule has 0 aromatic carbocycles. The highest BCUT2D eigenvalue weighted by Gasteiger charge is 2.19. The molecule has 1 aliphatic heterocycles. The number of aromatic amines is 1. The van der Waals surface area contributed by atoms with Crippen molar-refractivity contribution in [1.82, 2.24) is 20.2 Å². The Kier molecular flexibility index (Phi) is 5.07. The van der Waals surface area contributed by atoms with Crippen LogP contribution in [0.5, 0.6) is 0 Å². The number of carbonyl (C=O) groups is 1. The number of furan rings is 1. The van der Waals surface area contributed by atoms with Crippen LogP contribution in [0, 0.1) is 0 Å². The van der Waals surface area contributed by atoms with Gasteiger partial charge < -0.3 is 19.6 Å². The summed E-state index contributed by atoms with van der Waals surface area (Å²) in [6.45, 7) is 1.53. The number of hydrogen-bond donors (Lipinski definition) is 2. The summed E-state index contributed by atoms with van der Waals surface area (Å²) in [5.41, 5.74) is 1.52. The summed E-state index contributed by atoms with van der Waals surface area (Å²) in [4.78, 5) is 21.7. The SMILES string of the molecule is CN(C)Cc1ccc(CSCc2nc3c([nH]2)CCCNC3=O)o1. The largest absolute Gasteiger partial charge is 0.464 e. The molecular weight excluding hydrogens is 312 g/mol. The van der Waals surface area contributed by atoms with Crippen molar-refractivity contribution in [3.05, 3.63) is 40.9 Å². The molecule has 1 amide bonds. The van der Waals surface area contributed by atoms with Gasteiger partial charge in [-0.3, -0.25) is 4.79 Å². The molecule has 1 aliphatic rings. The highest BCUT2D eigenvalue weighted by atomic mass is 32.2. The predicted molar refractivity (Wildman–Crippen MR) is 90.3 cm³/mol. The highest BCUT2D eigenvalue weighted by Crippen LogP contribution is 2.20. The van der Waals surface area contributed by atoms with Gasteiger partial charge in [0.05, 0.1) is 18.1 Å². The fourth-order valence-corrected chi connectivity index (χ4v) is 3.38. The predicted octanol–water partition coefficient (Wildman–Crippen LogP) is 2.17. The number of thioether (sulfide) groups is 1. The number of imidazole rings is 1. The lowest BCUT2D eigenvalue weighted by Crippen LogP contribution is -2.23. The molecule has 3 heterocycles. The molecule has 23 heavy (non-hydrogen) atoms. The van der Waals surface area contributed by atoms with Crippen LogP contribution in [0.25, 0.3) is 0 Å². The van der Waals surface area contributed by atoms with Gasteiger partial charge in [-0.2, -0.15) is 0 Å². The van der Waals surface area contributed by atoms with Gasteiger partial charge in [0, 0.05) is 12.2 Å². The number of H-pyrrole nitrogens is 1. The Morgan fingerprint density at radius 1 is 1.30 bits per heavy atom. The first kappa shape index (κ1) is 16.1. The number of carbonyl (C=O) groups excluding carboxylic acids is 1. The number of aryl methyl sites for hydroxylation is 1. The molecule has 2 aromatic rings. The molecule has 7 heteroatoms. The van der Waals surface area contributed by atoms with Crippen molar-refractivity contribution in [3.8, 4) is 0 Å². The number of fused-ring (bicyclic) bond motifs is 1. The second-order valence-electron chi connectivity index (χ2n) is 5.97. The van der Waals surface area contributed by atoms with Crippen LogP contribution in [0.15, 0.2) is 16.5 Å². The maximum absolute atomic E-state index is 11.9. The first-order valence-electron chi connectivity index (χ1n) is 7.78. The van der Waals surface area contributed by atoms with Crippen LogP contribution in [0.2, 0.25) is 0 Å². The van der Waals surface area contributed by atoms with E-state index in [1.807, 2.05) is 26.2 Å². The van der Waals surface area contributed by atoms with Crippen LogP contribution in [0.4, 0.5) is 0 Å². The zero-order valence-electron chi connectivity index (χ0n) is 13.5. The molecule has 124 valence electrons. The van der Waals surface area contributed by atoms with E-state index >= 15 is 0 Å². The van der Waals surface area contributed by atoms with Crippen LogP contribution in [-0.4, -0.2) is 41.4 Å². The molecule has 0 saturated carbocycles. The van der Waals surface area contributed by atoms with Crippen molar-refractivity contribution in [2.24, 2.45) is 0 Å². The van der Waals surface area contributed by atoms with Gasteiger partial charge >= 0.3 is 0 Å². The van der Waals surface area contributed by atoms with Gasteiger partial charge in [0.25, 0.3) is 5.91 Å². The minimum Gasteiger partial charge on any atom is -0.464 e. The molecule has 0 aliphatic carbocycles. The van der Waals surface area contributed by atoms with Gasteiger partial charge in [0.1, 0.15) is 23.0 Å². The standard InChI is InChI=1S/C16H22N4O2S/c1-20(2)8-11-5-6-12(22-11)9-23-10-14-18-13-4-3-7-17-16(21)15(13)19-14/h5-6H,3-4,7-10H2,1-2H3,(H,17,21)(H,18,19). The Balaban J connectivity index is 1.54. The van der Waals surface area contributed by atoms with E-state index in [0.29, 0.717) is 5.69 Å². The fraction of sp³-hybridized carbons (Fsp3) is 0.500. The lowest BCUT2D eigenvalue weighted by atomic mass is 10.2. The van der Waals surface area contributed by atoms with E-state index in [1.165, 1.54) is 0 Å². The molecule has 0 atom stereocenters. The molecule has 0 bridgehead atoms. The van der Waals surface area contributed by atoms with E-state index in [9.17, 15) is 4.79 Å². The molecule has 0 saturated heterocycles. The average Bonchev–Trinajstić information content (AvgIpc) is 3.06. The van der Waals surface area contributed by atoms with Crippen molar-refractivity contribution in [2.75, 3.05) is 20.6 Å². The summed E-state index contributed by atoms with van der Waals surface area (Å²) in [6, 6.07) is 4.05. The summed E-state index contributed by atoms with van der Waals surface area (Å²) in [5.74, 6) is 4.28. The summed E-state index contributed by atoms with van der Waals surface area (Å²) in [7, 11) is 4.04. The third kappa shape index (κ3) is 4.17. The van der Waals surface area contributed by atoms with Gasteiger partial charge in [-0.1, -0.05) is 0 Å². The number of nitrogens with zero attached hydrogens (tertiary/aromatic N) is 2. The van der Waals surface area contributed by atoms with Crippen LogP contribution >= 0.6 is 11.8 Å². The van der Waals surface area contributed by atoms with Crippen molar-refractivity contribution in [1.29, 1.82) is 0 Å². The van der Waals surface area contributed by atoms with Crippen molar-refractivity contribution in [2.45, 2.75) is 30.9 Å². The summed E-state index contributed by atoms with van der Waals surface area (Å²) >= 11 is 1.73. The smallest absolute Gasteiger partial charge is 0.271 e. The Hall–Kier alpha value is -1.73. The highest BCUT2D eigenvalue weighted by molar-refractivity contribution is 7.97. The first-order chi connectivity index (χ1) is 11.1. The average molecular weight is 334 g/mol. The summed E-state index contributed by atoms with van der Waals surface area (Å²) < 4.78 is 5.79. The van der Waals surface area contributed by atoms with Crippen molar-refractivity contribution >= 4 is 17.7 Å². The molecule has 0 unspecified atom stereocenters. The Labute approximate surface area is 140 Å². The molecule has 0 fully saturated rings. The summed E-state index contributed by atoms with van der Waals surface area (Å²) in [5, 5.41) is 2.87. The van der Waals surface area contributed by atoms with Crippen molar-refractivity contribution in [3.63, 3.8) is 0 Å². The fourth-order valence-electron chi connectivity index (χ4n) is 2.60. The van der Waals surface area contributed by atoms with Gasteiger partial charge in [-0.05, 0) is 39.1 Å². The number of amides is 1. The quantitative estimate of drug-likeness (QED) is 0.847. The third-order valence-corrected chi connectivity index (χ3v) is 4.57. The second kappa shape index (κ2) is 7.23. The topological polar surface area (TPSA) is 74.2 Å². The monoisotopic (exact) mass is 334 g/mol. The normalized spacial score (nSPS) is 14.7. The van der Waals surface area contributed by atoms with Crippen LogP contribution in [0.1, 0.15) is 39.9 Å². The lowest BCUT2D eigenvalue weighted by molar-refractivity contribution is 0.0951. The minimum atomic E-state index is -0.0654. The molecular formula is C16H22N4O2S. The van der Waals surface area contributed by atoms with E-state index in [2.05, 4.69) is 20.2 Å². The Morgan fingerprint density at radius 3 is 2.96 bits per heavy atom. The lowest BCUT2D eigenvalue weighted by Gasteiger charge is -2.05. The molecule has 0 radical (unpaired) electrons. The first-order valence-corrected chi connectivity index (χ1v) is 8.93. The number of aromatic nitrogens is 2. The molecule has 2 aromatic heterocycles. The maximum atomic E-state index is 11.9. The number of hydrogen-bond acceptors (Lipinski definition) is 5. The van der Waals surface area contributed by atoms with E-state index in [1.54, 1.807) is 11.8 Å².